The van der Waals surface area contributed by atoms with E-state index in [-0.39, 0.29) is 6.04 Å². The molecule has 0 aliphatic heterocycles. The van der Waals surface area contributed by atoms with Crippen molar-refractivity contribution in [2.75, 3.05) is 13.1 Å². The number of nitrogens with one attached hydrogen (secondary N) is 1. The number of nitrogens with two attached hydrogens (primary N) is 1. The molecule has 94 valence electrons. The second-order valence-electron chi connectivity index (χ2n) is 4.46. The van der Waals surface area contributed by atoms with Crippen LogP contribution >= 0.6 is 0 Å². The van der Waals surface area contributed by atoms with Crippen LogP contribution in [0, 0.1) is 13.8 Å². The third kappa shape index (κ3) is 4.33. The van der Waals surface area contributed by atoms with Crippen LogP contribution in [0.3, 0.4) is 0 Å². The van der Waals surface area contributed by atoms with Gasteiger partial charge in [0, 0.05) is 12.6 Å². The molecule has 2 nitrogen and oxygen atoms in total. The zero-order valence-corrected chi connectivity index (χ0v) is 11.2. The first-order valence-corrected chi connectivity index (χ1v) is 6.30. The molecule has 1 atom stereocenters. The van der Waals surface area contributed by atoms with Gasteiger partial charge in [0.2, 0.25) is 0 Å². The van der Waals surface area contributed by atoms with Crippen LogP contribution < -0.4 is 11.1 Å². The summed E-state index contributed by atoms with van der Waals surface area (Å²) < 4.78 is 0. The van der Waals surface area contributed by atoms with Crippen molar-refractivity contribution < 1.29 is 0 Å². The fourth-order valence-electron chi connectivity index (χ4n) is 2.04. The van der Waals surface area contributed by atoms with Gasteiger partial charge in [-0.05, 0) is 44.9 Å². The molecule has 1 aromatic rings. The molecule has 0 aliphatic rings. The average Bonchev–Trinajstić information content (AvgIpc) is 2.31. The predicted molar refractivity (Wildman–Crippen MR) is 75.1 cm³/mol. The highest BCUT2D eigenvalue weighted by Gasteiger charge is 2.10. The van der Waals surface area contributed by atoms with Crippen molar-refractivity contribution >= 4 is 0 Å². The highest BCUT2D eigenvalue weighted by atomic mass is 14.9. The third-order valence-corrected chi connectivity index (χ3v) is 2.97. The van der Waals surface area contributed by atoms with Gasteiger partial charge >= 0.3 is 0 Å². The predicted octanol–water partition coefficient (Wildman–Crippen LogP) is 2.86. The summed E-state index contributed by atoms with van der Waals surface area (Å²) >= 11 is 0. The van der Waals surface area contributed by atoms with Gasteiger partial charge in [0.05, 0.1) is 0 Å². The Bertz CT molecular complexity index is 369. The molecule has 17 heavy (non-hydrogen) atoms. The van der Waals surface area contributed by atoms with E-state index < -0.39 is 0 Å². The number of rotatable bonds is 6. The van der Waals surface area contributed by atoms with Gasteiger partial charge in [-0.1, -0.05) is 35.9 Å². The lowest BCUT2D eigenvalue weighted by Gasteiger charge is -2.19. The van der Waals surface area contributed by atoms with Gasteiger partial charge < -0.3 is 11.1 Å². The minimum atomic E-state index is 0.265. The highest BCUT2D eigenvalue weighted by molar-refractivity contribution is 5.33. The van der Waals surface area contributed by atoms with Crippen molar-refractivity contribution in [3.8, 4) is 0 Å². The largest absolute Gasteiger partial charge is 0.329 e. The molecular formula is C15H24N2. The van der Waals surface area contributed by atoms with E-state index in [2.05, 4.69) is 49.5 Å². The van der Waals surface area contributed by atoms with Crippen LogP contribution in [-0.2, 0) is 0 Å². The maximum atomic E-state index is 5.85. The van der Waals surface area contributed by atoms with Crippen LogP contribution in [0.15, 0.2) is 30.4 Å². The number of allylic oxidation sites excluding steroid dienone is 1. The van der Waals surface area contributed by atoms with Gasteiger partial charge in [-0.2, -0.15) is 0 Å². The van der Waals surface area contributed by atoms with E-state index in [1.165, 1.54) is 16.7 Å². The smallest absolute Gasteiger partial charge is 0.0447 e. The maximum Gasteiger partial charge on any atom is 0.0447 e. The number of aryl methyl sites for hydroxylation is 2. The van der Waals surface area contributed by atoms with Crippen LogP contribution in [0.1, 0.15) is 36.1 Å². The van der Waals surface area contributed by atoms with E-state index in [4.69, 9.17) is 5.73 Å². The van der Waals surface area contributed by atoms with Crippen molar-refractivity contribution in [3.05, 3.63) is 47.0 Å². The Morgan fingerprint density at radius 3 is 2.71 bits per heavy atom. The Balaban J connectivity index is 2.65. The van der Waals surface area contributed by atoms with E-state index >= 15 is 0 Å². The van der Waals surface area contributed by atoms with Gasteiger partial charge in [-0.15, -0.1) is 0 Å². The zero-order chi connectivity index (χ0) is 12.7. The van der Waals surface area contributed by atoms with E-state index in [0.29, 0.717) is 6.54 Å². The van der Waals surface area contributed by atoms with E-state index in [1.807, 2.05) is 6.92 Å². The molecule has 2 heteroatoms. The van der Waals surface area contributed by atoms with E-state index in [9.17, 15) is 0 Å². The van der Waals surface area contributed by atoms with Crippen molar-refractivity contribution in [2.45, 2.75) is 33.2 Å². The lowest BCUT2D eigenvalue weighted by molar-refractivity contribution is 0.546. The third-order valence-electron chi connectivity index (χ3n) is 2.97. The molecule has 0 bridgehead atoms. The monoisotopic (exact) mass is 232 g/mol. The van der Waals surface area contributed by atoms with Crippen LogP contribution in [0.25, 0.3) is 0 Å². The van der Waals surface area contributed by atoms with Gasteiger partial charge in [-0.25, -0.2) is 0 Å². The van der Waals surface area contributed by atoms with Gasteiger partial charge in [0.15, 0.2) is 0 Å². The van der Waals surface area contributed by atoms with E-state index in [0.717, 1.165) is 13.0 Å². The molecule has 0 heterocycles. The van der Waals surface area contributed by atoms with Gasteiger partial charge in [0.1, 0.15) is 0 Å². The van der Waals surface area contributed by atoms with Crippen molar-refractivity contribution in [1.29, 1.82) is 0 Å². The molecule has 0 saturated heterocycles. The summed E-state index contributed by atoms with van der Waals surface area (Å²) in [5.41, 5.74) is 9.78. The molecule has 1 rings (SSSR count). The molecule has 1 unspecified atom stereocenters. The topological polar surface area (TPSA) is 38.0 Å². The SMILES string of the molecule is C/C=C/CCNC(CN)c1ccc(C)cc1C. The fraction of sp³-hybridized carbons (Fsp3) is 0.467. The molecule has 3 N–H and O–H groups in total. The van der Waals surface area contributed by atoms with E-state index in [1.54, 1.807) is 0 Å². The van der Waals surface area contributed by atoms with Gasteiger partial charge in [-0.3, -0.25) is 0 Å². The van der Waals surface area contributed by atoms with Crippen molar-refractivity contribution in [3.63, 3.8) is 0 Å². The summed E-state index contributed by atoms with van der Waals surface area (Å²) in [5.74, 6) is 0. The summed E-state index contributed by atoms with van der Waals surface area (Å²) in [7, 11) is 0. The minimum Gasteiger partial charge on any atom is -0.329 e. The summed E-state index contributed by atoms with van der Waals surface area (Å²) in [6.07, 6.45) is 5.30. The molecule has 1 aromatic carbocycles. The number of benzene rings is 1. The van der Waals surface area contributed by atoms with Crippen LogP contribution in [0.4, 0.5) is 0 Å². The lowest BCUT2D eigenvalue weighted by Crippen LogP contribution is -2.29. The molecule has 0 fully saturated rings. The summed E-state index contributed by atoms with van der Waals surface area (Å²) in [6.45, 7) is 7.93. The van der Waals surface area contributed by atoms with Crippen molar-refractivity contribution in [1.82, 2.24) is 5.32 Å². The standard InChI is InChI=1S/C15H24N2/c1-4-5-6-9-17-15(11-16)14-8-7-12(2)10-13(14)3/h4-5,7-8,10,15,17H,6,9,11,16H2,1-3H3/b5-4+. The Morgan fingerprint density at radius 1 is 1.35 bits per heavy atom. The molecule has 0 aliphatic carbocycles. The Hall–Kier alpha value is -1.12. The van der Waals surface area contributed by atoms with Gasteiger partial charge in [0.25, 0.3) is 0 Å². The van der Waals surface area contributed by atoms with Crippen LogP contribution in [0.2, 0.25) is 0 Å². The average molecular weight is 232 g/mol. The maximum absolute atomic E-state index is 5.85. The molecule has 0 radical (unpaired) electrons. The first-order chi connectivity index (χ1) is 8.19. The zero-order valence-electron chi connectivity index (χ0n) is 11.2. The Labute approximate surface area is 105 Å². The lowest BCUT2D eigenvalue weighted by atomic mass is 9.99. The normalized spacial score (nSPS) is 13.2. The fourth-order valence-corrected chi connectivity index (χ4v) is 2.04. The minimum absolute atomic E-state index is 0.265. The molecule has 0 aromatic heterocycles. The molecular weight excluding hydrogens is 208 g/mol. The second kappa shape index (κ2) is 7.25. The molecule has 0 saturated carbocycles. The quantitative estimate of drug-likeness (QED) is 0.584. The van der Waals surface area contributed by atoms with Crippen molar-refractivity contribution in [2.24, 2.45) is 5.73 Å². The Morgan fingerprint density at radius 2 is 2.12 bits per heavy atom. The Kier molecular flexibility index (Phi) is 5.95. The molecule has 0 spiro atoms. The molecule has 0 amide bonds. The van der Waals surface area contributed by atoms with Crippen LogP contribution in [0.5, 0.6) is 0 Å². The summed E-state index contributed by atoms with van der Waals surface area (Å²) in [4.78, 5) is 0. The highest BCUT2D eigenvalue weighted by Crippen LogP contribution is 2.18. The summed E-state index contributed by atoms with van der Waals surface area (Å²) in [5, 5.41) is 3.50. The summed E-state index contributed by atoms with van der Waals surface area (Å²) in [6, 6.07) is 6.82. The first kappa shape index (κ1) is 13.9. The first-order valence-electron chi connectivity index (χ1n) is 6.30. The number of hydrogen-bond acceptors (Lipinski definition) is 2. The number of hydrogen-bond donors (Lipinski definition) is 2. The van der Waals surface area contributed by atoms with Crippen LogP contribution in [-0.4, -0.2) is 13.1 Å². The second-order valence-corrected chi connectivity index (χ2v) is 4.46.